The summed E-state index contributed by atoms with van der Waals surface area (Å²) in [6, 6.07) is 3.95. The summed E-state index contributed by atoms with van der Waals surface area (Å²) in [4.78, 5) is 15.6. The van der Waals surface area contributed by atoms with Crippen LogP contribution in [0.25, 0.3) is 0 Å². The number of nitrogens with zero attached hydrogens (tertiary/aromatic N) is 1. The number of rotatable bonds is 7. The third-order valence-corrected chi connectivity index (χ3v) is 2.36. The number of hydrogen-bond donors (Lipinski definition) is 2. The van der Waals surface area contributed by atoms with Gasteiger partial charge in [0, 0.05) is 18.5 Å². The fourth-order valence-corrected chi connectivity index (χ4v) is 1.44. The lowest BCUT2D eigenvalue weighted by atomic mass is 10.2. The number of carbonyl (C=O) groups excluding carboxylic acids is 1. The molecule has 0 atom stereocenters. The maximum absolute atomic E-state index is 11.6. The van der Waals surface area contributed by atoms with E-state index in [4.69, 9.17) is 4.74 Å². The Bertz CT molecular complexity index is 363. The summed E-state index contributed by atoms with van der Waals surface area (Å²) >= 11 is 0. The van der Waals surface area contributed by atoms with E-state index in [-0.39, 0.29) is 5.91 Å². The first-order chi connectivity index (χ1) is 8.61. The van der Waals surface area contributed by atoms with Crippen molar-refractivity contribution in [3.8, 4) is 5.88 Å². The van der Waals surface area contributed by atoms with Crippen molar-refractivity contribution < 1.29 is 9.53 Å². The molecule has 0 aliphatic heterocycles. The number of hydrogen-bond acceptors (Lipinski definition) is 4. The summed E-state index contributed by atoms with van der Waals surface area (Å²) < 4.78 is 4.94. The lowest BCUT2D eigenvalue weighted by Crippen LogP contribution is -2.24. The SMILES string of the molecule is COc1ccc(NC(=O)CCCNC(C)C)cn1. The van der Waals surface area contributed by atoms with Crippen LogP contribution in [0.5, 0.6) is 5.88 Å². The second kappa shape index (κ2) is 7.66. The van der Waals surface area contributed by atoms with Gasteiger partial charge in [-0.05, 0) is 19.0 Å². The molecule has 1 heterocycles. The zero-order valence-electron chi connectivity index (χ0n) is 11.2. The second-order valence-corrected chi connectivity index (χ2v) is 4.35. The van der Waals surface area contributed by atoms with E-state index in [0.717, 1.165) is 13.0 Å². The Labute approximate surface area is 108 Å². The minimum absolute atomic E-state index is 0.00697. The van der Waals surface area contributed by atoms with Gasteiger partial charge in [-0.25, -0.2) is 4.98 Å². The van der Waals surface area contributed by atoms with E-state index in [2.05, 4.69) is 29.5 Å². The van der Waals surface area contributed by atoms with Crippen LogP contribution in [0.15, 0.2) is 18.3 Å². The molecule has 0 aliphatic carbocycles. The molecule has 0 aliphatic rings. The van der Waals surface area contributed by atoms with Gasteiger partial charge < -0.3 is 15.4 Å². The molecule has 1 amide bonds. The van der Waals surface area contributed by atoms with E-state index in [1.807, 2.05) is 0 Å². The maximum Gasteiger partial charge on any atom is 0.224 e. The van der Waals surface area contributed by atoms with Crippen LogP contribution in [-0.4, -0.2) is 30.6 Å². The van der Waals surface area contributed by atoms with Crippen LogP contribution in [0.1, 0.15) is 26.7 Å². The third kappa shape index (κ3) is 5.63. The number of anilines is 1. The number of ether oxygens (including phenoxy) is 1. The van der Waals surface area contributed by atoms with Crippen molar-refractivity contribution in [3.63, 3.8) is 0 Å². The zero-order valence-corrected chi connectivity index (χ0v) is 11.2. The number of amides is 1. The Morgan fingerprint density at radius 3 is 2.78 bits per heavy atom. The number of nitrogens with one attached hydrogen (secondary N) is 2. The summed E-state index contributed by atoms with van der Waals surface area (Å²) in [5.74, 6) is 0.543. The minimum Gasteiger partial charge on any atom is -0.481 e. The predicted octanol–water partition coefficient (Wildman–Crippen LogP) is 1.81. The average Bonchev–Trinajstić information content (AvgIpc) is 2.35. The summed E-state index contributed by atoms with van der Waals surface area (Å²) in [5.41, 5.74) is 0.692. The van der Waals surface area contributed by atoms with Gasteiger partial charge in [0.25, 0.3) is 0 Å². The molecule has 1 aromatic heterocycles. The van der Waals surface area contributed by atoms with Crippen LogP contribution in [0.3, 0.4) is 0 Å². The van der Waals surface area contributed by atoms with E-state index in [1.54, 1.807) is 25.4 Å². The van der Waals surface area contributed by atoms with Crippen LogP contribution in [0, 0.1) is 0 Å². The molecular formula is C13H21N3O2. The Morgan fingerprint density at radius 1 is 1.44 bits per heavy atom. The number of aromatic nitrogens is 1. The smallest absolute Gasteiger partial charge is 0.224 e. The highest BCUT2D eigenvalue weighted by atomic mass is 16.5. The molecule has 100 valence electrons. The fourth-order valence-electron chi connectivity index (χ4n) is 1.44. The molecule has 0 saturated carbocycles. The monoisotopic (exact) mass is 251 g/mol. The van der Waals surface area contributed by atoms with Crippen molar-refractivity contribution in [2.24, 2.45) is 0 Å². The molecule has 0 unspecified atom stereocenters. The normalized spacial score (nSPS) is 10.4. The molecule has 2 N–H and O–H groups in total. The molecule has 18 heavy (non-hydrogen) atoms. The summed E-state index contributed by atoms with van der Waals surface area (Å²) in [6.07, 6.45) is 2.92. The van der Waals surface area contributed by atoms with Gasteiger partial charge in [-0.1, -0.05) is 13.8 Å². The average molecular weight is 251 g/mol. The van der Waals surface area contributed by atoms with Gasteiger partial charge in [0.1, 0.15) is 0 Å². The molecule has 0 bridgehead atoms. The minimum atomic E-state index is 0.00697. The summed E-state index contributed by atoms with van der Waals surface area (Å²) in [6.45, 7) is 5.03. The topological polar surface area (TPSA) is 63.2 Å². The molecule has 0 radical (unpaired) electrons. The lowest BCUT2D eigenvalue weighted by molar-refractivity contribution is -0.116. The zero-order chi connectivity index (χ0) is 13.4. The maximum atomic E-state index is 11.6. The van der Waals surface area contributed by atoms with Gasteiger partial charge >= 0.3 is 0 Å². The van der Waals surface area contributed by atoms with E-state index in [1.165, 1.54) is 0 Å². The predicted molar refractivity (Wildman–Crippen MR) is 71.8 cm³/mol. The Hall–Kier alpha value is -1.62. The van der Waals surface area contributed by atoms with Crippen molar-refractivity contribution in [1.82, 2.24) is 10.3 Å². The summed E-state index contributed by atoms with van der Waals surface area (Å²) in [5, 5.41) is 6.07. The van der Waals surface area contributed by atoms with Crippen molar-refractivity contribution in [1.29, 1.82) is 0 Å². The highest BCUT2D eigenvalue weighted by molar-refractivity contribution is 5.90. The van der Waals surface area contributed by atoms with E-state index in [0.29, 0.717) is 24.0 Å². The molecule has 5 nitrogen and oxygen atoms in total. The van der Waals surface area contributed by atoms with Crippen LogP contribution >= 0.6 is 0 Å². The highest BCUT2D eigenvalue weighted by Gasteiger charge is 2.03. The van der Waals surface area contributed by atoms with Crippen LogP contribution in [0.4, 0.5) is 5.69 Å². The van der Waals surface area contributed by atoms with E-state index < -0.39 is 0 Å². The van der Waals surface area contributed by atoms with Crippen molar-refractivity contribution in [3.05, 3.63) is 18.3 Å². The molecule has 0 saturated heterocycles. The van der Waals surface area contributed by atoms with Crippen LogP contribution < -0.4 is 15.4 Å². The molecule has 1 rings (SSSR count). The van der Waals surface area contributed by atoms with Gasteiger partial charge in [0.15, 0.2) is 0 Å². The van der Waals surface area contributed by atoms with Gasteiger partial charge in [-0.3, -0.25) is 4.79 Å². The van der Waals surface area contributed by atoms with Crippen molar-refractivity contribution >= 4 is 11.6 Å². The standard InChI is InChI=1S/C13H21N3O2/c1-10(2)14-8-4-5-12(17)16-11-6-7-13(18-3)15-9-11/h6-7,9-10,14H,4-5,8H2,1-3H3,(H,16,17). The largest absolute Gasteiger partial charge is 0.481 e. The molecule has 0 fully saturated rings. The first-order valence-electron chi connectivity index (χ1n) is 6.15. The first kappa shape index (κ1) is 14.4. The Kier molecular flexibility index (Phi) is 6.14. The number of methoxy groups -OCH3 is 1. The van der Waals surface area contributed by atoms with Crippen LogP contribution in [0.2, 0.25) is 0 Å². The van der Waals surface area contributed by atoms with E-state index in [9.17, 15) is 4.79 Å². The van der Waals surface area contributed by atoms with E-state index >= 15 is 0 Å². The van der Waals surface area contributed by atoms with Gasteiger partial charge in [0.05, 0.1) is 19.0 Å². The first-order valence-corrected chi connectivity index (χ1v) is 6.15. The highest BCUT2D eigenvalue weighted by Crippen LogP contribution is 2.11. The van der Waals surface area contributed by atoms with Crippen LogP contribution in [-0.2, 0) is 4.79 Å². The lowest BCUT2D eigenvalue weighted by Gasteiger charge is -2.08. The van der Waals surface area contributed by atoms with Gasteiger partial charge in [-0.15, -0.1) is 0 Å². The fraction of sp³-hybridized carbons (Fsp3) is 0.538. The Balaban J connectivity index is 2.26. The molecule has 0 spiro atoms. The molecule has 0 aromatic carbocycles. The molecule has 1 aromatic rings. The van der Waals surface area contributed by atoms with Crippen molar-refractivity contribution in [2.75, 3.05) is 19.0 Å². The van der Waals surface area contributed by atoms with Crippen molar-refractivity contribution in [2.45, 2.75) is 32.7 Å². The summed E-state index contributed by atoms with van der Waals surface area (Å²) in [7, 11) is 1.56. The third-order valence-electron chi connectivity index (χ3n) is 2.36. The number of pyridine rings is 1. The quantitative estimate of drug-likeness (QED) is 0.725. The molecular weight excluding hydrogens is 230 g/mol. The number of carbonyl (C=O) groups is 1. The molecule has 5 heteroatoms. The van der Waals surface area contributed by atoms with Gasteiger partial charge in [0.2, 0.25) is 11.8 Å². The second-order valence-electron chi connectivity index (χ2n) is 4.35. The Morgan fingerprint density at radius 2 is 2.22 bits per heavy atom. The van der Waals surface area contributed by atoms with Gasteiger partial charge in [-0.2, -0.15) is 0 Å².